The van der Waals surface area contributed by atoms with E-state index in [4.69, 9.17) is 5.73 Å². The molecule has 2 aliphatic heterocycles. The lowest BCUT2D eigenvalue weighted by Crippen LogP contribution is -2.46. The van der Waals surface area contributed by atoms with Gasteiger partial charge in [-0.05, 0) is 49.1 Å². The molecule has 2 aliphatic rings. The minimum absolute atomic E-state index is 0.456. The van der Waals surface area contributed by atoms with Crippen LogP contribution in [0.5, 0.6) is 0 Å². The van der Waals surface area contributed by atoms with E-state index < -0.39 is 0 Å². The maximum Gasteiger partial charge on any atom is 0.0336 e. The van der Waals surface area contributed by atoms with Gasteiger partial charge in [-0.2, -0.15) is 0 Å². The molecule has 0 spiro atoms. The average Bonchev–Trinajstić information content (AvgIpc) is 2.84. The van der Waals surface area contributed by atoms with E-state index in [1.807, 2.05) is 11.3 Å². The summed E-state index contributed by atoms with van der Waals surface area (Å²) < 4.78 is 0. The van der Waals surface area contributed by atoms with E-state index in [0.717, 1.165) is 12.1 Å². The minimum Gasteiger partial charge on any atom is -0.328 e. The number of piperidine rings is 1. The van der Waals surface area contributed by atoms with Gasteiger partial charge in [-0.25, -0.2) is 0 Å². The van der Waals surface area contributed by atoms with Gasteiger partial charge in [0.2, 0.25) is 0 Å². The fourth-order valence-electron chi connectivity index (χ4n) is 3.56. The van der Waals surface area contributed by atoms with Crippen molar-refractivity contribution in [2.75, 3.05) is 0 Å². The molecule has 3 rings (SSSR count). The first-order valence-electron chi connectivity index (χ1n) is 6.84. The molecule has 2 atom stereocenters. The highest BCUT2D eigenvalue weighted by molar-refractivity contribution is 7.10. The highest BCUT2D eigenvalue weighted by Gasteiger charge is 2.39. The van der Waals surface area contributed by atoms with Crippen LogP contribution in [0.15, 0.2) is 11.4 Å². The second-order valence-electron chi connectivity index (χ2n) is 5.51. The largest absolute Gasteiger partial charge is 0.328 e. The lowest BCUT2D eigenvalue weighted by atomic mass is 9.98. The molecule has 2 nitrogen and oxygen atoms in total. The normalized spacial score (nSPS) is 33.2. The Morgan fingerprint density at radius 3 is 2.71 bits per heavy atom. The van der Waals surface area contributed by atoms with Crippen LogP contribution in [0, 0.1) is 0 Å². The summed E-state index contributed by atoms with van der Waals surface area (Å²) in [7, 11) is 0. The van der Waals surface area contributed by atoms with Crippen molar-refractivity contribution >= 4 is 11.3 Å². The van der Waals surface area contributed by atoms with E-state index in [0.29, 0.717) is 6.04 Å². The molecule has 2 fully saturated rings. The van der Waals surface area contributed by atoms with Crippen LogP contribution in [0.25, 0.3) is 0 Å². The molecule has 2 unspecified atom stereocenters. The third-order valence-electron chi connectivity index (χ3n) is 4.47. The smallest absolute Gasteiger partial charge is 0.0336 e. The zero-order chi connectivity index (χ0) is 11.8. The molecule has 0 aromatic carbocycles. The van der Waals surface area contributed by atoms with Crippen LogP contribution < -0.4 is 5.73 Å². The first-order chi connectivity index (χ1) is 8.28. The van der Waals surface area contributed by atoms with Crippen molar-refractivity contribution < 1.29 is 0 Å². The van der Waals surface area contributed by atoms with Crippen molar-refractivity contribution in [3.05, 3.63) is 21.9 Å². The molecule has 2 N–H and O–H groups in total. The molecular formula is C14H22N2S. The topological polar surface area (TPSA) is 29.3 Å². The maximum atomic E-state index is 6.12. The number of thiophene rings is 1. The summed E-state index contributed by atoms with van der Waals surface area (Å²) in [5, 5.41) is 2.24. The zero-order valence-corrected chi connectivity index (χ0v) is 11.4. The second-order valence-corrected chi connectivity index (χ2v) is 6.51. The van der Waals surface area contributed by atoms with Gasteiger partial charge in [0.1, 0.15) is 0 Å². The number of fused-ring (bicyclic) bond motifs is 2. The van der Waals surface area contributed by atoms with Gasteiger partial charge >= 0.3 is 0 Å². The van der Waals surface area contributed by atoms with Gasteiger partial charge in [-0.15, -0.1) is 11.3 Å². The maximum absolute atomic E-state index is 6.12. The van der Waals surface area contributed by atoms with E-state index in [9.17, 15) is 0 Å². The van der Waals surface area contributed by atoms with Crippen molar-refractivity contribution in [2.45, 2.75) is 63.7 Å². The Bertz CT molecular complexity index is 373. The third-order valence-corrected chi connectivity index (χ3v) is 5.41. The Balaban J connectivity index is 1.74. The Kier molecular flexibility index (Phi) is 3.24. The summed E-state index contributed by atoms with van der Waals surface area (Å²) in [6, 6.07) is 4.27. The fraction of sp³-hybridized carbons (Fsp3) is 0.714. The molecule has 1 aromatic heterocycles. The standard InChI is InChI=1S/C14H22N2S/c1-2-10-5-6-17-14(10)9-16-12-3-4-13(16)8-11(15)7-12/h5-6,11-13H,2-4,7-9,15H2,1H3. The predicted octanol–water partition coefficient (Wildman–Crippen LogP) is 2.76. The molecule has 0 radical (unpaired) electrons. The molecule has 0 aliphatic carbocycles. The van der Waals surface area contributed by atoms with Gasteiger partial charge in [-0.1, -0.05) is 6.92 Å². The Morgan fingerprint density at radius 2 is 2.06 bits per heavy atom. The number of hydrogen-bond acceptors (Lipinski definition) is 3. The van der Waals surface area contributed by atoms with Gasteiger partial charge < -0.3 is 5.73 Å². The summed E-state index contributed by atoms with van der Waals surface area (Å²) in [4.78, 5) is 4.31. The first-order valence-corrected chi connectivity index (χ1v) is 7.72. The number of rotatable bonds is 3. The molecular weight excluding hydrogens is 228 g/mol. The van der Waals surface area contributed by atoms with E-state index in [-0.39, 0.29) is 0 Å². The molecule has 2 saturated heterocycles. The summed E-state index contributed by atoms with van der Waals surface area (Å²) in [6.07, 6.45) is 6.32. The average molecular weight is 250 g/mol. The minimum atomic E-state index is 0.456. The number of nitrogens with zero attached hydrogens (tertiary/aromatic N) is 1. The fourth-order valence-corrected chi connectivity index (χ4v) is 4.54. The van der Waals surface area contributed by atoms with E-state index in [2.05, 4.69) is 23.3 Å². The van der Waals surface area contributed by atoms with Crippen LogP contribution in [0.4, 0.5) is 0 Å². The van der Waals surface area contributed by atoms with Gasteiger partial charge in [0.05, 0.1) is 0 Å². The van der Waals surface area contributed by atoms with Crippen LogP contribution in [0.3, 0.4) is 0 Å². The van der Waals surface area contributed by atoms with Gasteiger partial charge in [0, 0.05) is 29.5 Å². The lowest BCUT2D eigenvalue weighted by molar-refractivity contribution is 0.121. The van der Waals surface area contributed by atoms with Gasteiger partial charge in [0.15, 0.2) is 0 Å². The highest BCUT2D eigenvalue weighted by Crippen LogP contribution is 2.37. The van der Waals surface area contributed by atoms with Crippen LogP contribution in [-0.2, 0) is 13.0 Å². The molecule has 3 heteroatoms. The molecule has 17 heavy (non-hydrogen) atoms. The molecule has 0 saturated carbocycles. The summed E-state index contributed by atoms with van der Waals surface area (Å²) >= 11 is 1.93. The zero-order valence-electron chi connectivity index (χ0n) is 10.6. The summed E-state index contributed by atoms with van der Waals surface area (Å²) in [6.45, 7) is 3.43. The quantitative estimate of drug-likeness (QED) is 0.894. The number of nitrogens with two attached hydrogens (primary N) is 1. The summed E-state index contributed by atoms with van der Waals surface area (Å²) in [5.41, 5.74) is 7.67. The molecule has 1 aromatic rings. The SMILES string of the molecule is CCc1ccsc1CN1C2CCC1CC(N)C2. The monoisotopic (exact) mass is 250 g/mol. The van der Waals surface area contributed by atoms with E-state index in [1.54, 1.807) is 10.4 Å². The Morgan fingerprint density at radius 1 is 1.35 bits per heavy atom. The number of aryl methyl sites for hydroxylation is 1. The molecule has 94 valence electrons. The second kappa shape index (κ2) is 4.71. The van der Waals surface area contributed by atoms with E-state index >= 15 is 0 Å². The lowest BCUT2D eigenvalue weighted by Gasteiger charge is -2.37. The van der Waals surface area contributed by atoms with Crippen molar-refractivity contribution in [3.63, 3.8) is 0 Å². The first kappa shape index (κ1) is 11.7. The van der Waals surface area contributed by atoms with E-state index in [1.165, 1.54) is 38.6 Å². The van der Waals surface area contributed by atoms with Crippen LogP contribution in [0.2, 0.25) is 0 Å². The molecule has 3 heterocycles. The number of hydrogen-bond donors (Lipinski definition) is 1. The van der Waals surface area contributed by atoms with Crippen molar-refractivity contribution in [3.8, 4) is 0 Å². The van der Waals surface area contributed by atoms with Crippen LogP contribution >= 0.6 is 11.3 Å². The van der Waals surface area contributed by atoms with Crippen molar-refractivity contribution in [1.82, 2.24) is 4.90 Å². The predicted molar refractivity (Wildman–Crippen MR) is 73.3 cm³/mol. The van der Waals surface area contributed by atoms with Crippen molar-refractivity contribution in [2.24, 2.45) is 5.73 Å². The molecule has 2 bridgehead atoms. The highest BCUT2D eigenvalue weighted by atomic mass is 32.1. The summed E-state index contributed by atoms with van der Waals surface area (Å²) in [5.74, 6) is 0. The Labute approximate surface area is 108 Å². The third kappa shape index (κ3) is 2.16. The van der Waals surface area contributed by atoms with Crippen LogP contribution in [-0.4, -0.2) is 23.0 Å². The van der Waals surface area contributed by atoms with Crippen LogP contribution in [0.1, 0.15) is 43.0 Å². The Hall–Kier alpha value is -0.380. The van der Waals surface area contributed by atoms with Crippen molar-refractivity contribution in [1.29, 1.82) is 0 Å². The molecule has 0 amide bonds. The van der Waals surface area contributed by atoms with Gasteiger partial charge in [-0.3, -0.25) is 4.90 Å². The van der Waals surface area contributed by atoms with Gasteiger partial charge in [0.25, 0.3) is 0 Å².